The smallest absolute Gasteiger partial charge is 0.194 e. The fourth-order valence-electron chi connectivity index (χ4n) is 3.02. The van der Waals surface area contributed by atoms with Gasteiger partial charge in [-0.25, -0.2) is 0 Å². The van der Waals surface area contributed by atoms with Gasteiger partial charge in [0.15, 0.2) is 5.78 Å². The second-order valence-corrected chi connectivity index (χ2v) is 5.63. The van der Waals surface area contributed by atoms with Gasteiger partial charge in [0.25, 0.3) is 0 Å². The summed E-state index contributed by atoms with van der Waals surface area (Å²) in [7, 11) is 0. The van der Waals surface area contributed by atoms with Crippen molar-refractivity contribution in [2.24, 2.45) is 0 Å². The monoisotopic (exact) mass is 300 g/mol. The fourth-order valence-corrected chi connectivity index (χ4v) is 3.02. The zero-order valence-corrected chi connectivity index (χ0v) is 12.6. The highest BCUT2D eigenvalue weighted by Crippen LogP contribution is 2.37. The number of pyridine rings is 1. The molecule has 0 aliphatic heterocycles. The number of hydrogen-bond acceptors (Lipinski definition) is 3. The van der Waals surface area contributed by atoms with E-state index in [0.717, 1.165) is 46.6 Å². The first kappa shape index (κ1) is 13.7. The van der Waals surface area contributed by atoms with Crippen LogP contribution in [0.3, 0.4) is 0 Å². The molecule has 2 aromatic carbocycles. The molecule has 0 spiro atoms. The number of aromatic nitrogens is 1. The first-order valence-corrected chi connectivity index (χ1v) is 7.75. The number of nitrogens with one attached hydrogen (secondary N) is 1. The number of anilines is 1. The minimum Gasteiger partial charge on any atom is -0.385 e. The molecule has 0 amide bonds. The lowest BCUT2D eigenvalue weighted by Gasteiger charge is -2.08. The van der Waals surface area contributed by atoms with E-state index in [9.17, 15) is 4.79 Å². The van der Waals surface area contributed by atoms with Crippen molar-refractivity contribution in [1.29, 1.82) is 0 Å². The summed E-state index contributed by atoms with van der Waals surface area (Å²) in [5.74, 6) is 0.115. The quantitative estimate of drug-likeness (QED) is 0.620. The minimum atomic E-state index is 0.115. The lowest BCUT2D eigenvalue weighted by Crippen LogP contribution is -2.06. The van der Waals surface area contributed by atoms with Crippen LogP contribution in [-0.4, -0.2) is 17.3 Å². The molecule has 1 aliphatic carbocycles. The highest BCUT2D eigenvalue weighted by Gasteiger charge is 2.26. The van der Waals surface area contributed by atoms with Crippen LogP contribution in [0.4, 0.5) is 5.69 Å². The molecule has 0 bridgehead atoms. The summed E-state index contributed by atoms with van der Waals surface area (Å²) in [5.41, 5.74) is 5.68. The summed E-state index contributed by atoms with van der Waals surface area (Å²) in [5, 5.41) is 3.38. The largest absolute Gasteiger partial charge is 0.385 e. The Labute approximate surface area is 135 Å². The molecule has 3 heteroatoms. The number of hydrogen-bond donors (Lipinski definition) is 1. The van der Waals surface area contributed by atoms with Crippen LogP contribution in [0, 0.1) is 0 Å². The van der Waals surface area contributed by atoms with Gasteiger partial charge in [0.2, 0.25) is 0 Å². The van der Waals surface area contributed by atoms with Crippen molar-refractivity contribution in [2.75, 3.05) is 11.9 Å². The number of fused-ring (bicyclic) bond motifs is 3. The van der Waals surface area contributed by atoms with Crippen LogP contribution in [0.2, 0.25) is 0 Å². The van der Waals surface area contributed by atoms with E-state index in [-0.39, 0.29) is 5.78 Å². The second kappa shape index (κ2) is 5.69. The molecule has 0 saturated heterocycles. The number of ketones is 1. The highest BCUT2D eigenvalue weighted by molar-refractivity contribution is 6.22. The van der Waals surface area contributed by atoms with Gasteiger partial charge in [-0.05, 0) is 35.4 Å². The standard InChI is InChI=1S/C20H16N2O/c23-20-18-7-2-1-6-16(18)17-9-8-15(13-19(17)20)22-12-10-14-5-3-4-11-21-14/h1-9,11,13,22H,10,12H2. The van der Waals surface area contributed by atoms with Gasteiger partial charge in [-0.3, -0.25) is 9.78 Å². The maximum absolute atomic E-state index is 12.5. The molecule has 23 heavy (non-hydrogen) atoms. The first-order valence-electron chi connectivity index (χ1n) is 7.75. The van der Waals surface area contributed by atoms with E-state index in [1.807, 2.05) is 60.7 Å². The molecule has 0 atom stereocenters. The van der Waals surface area contributed by atoms with Crippen LogP contribution in [0.1, 0.15) is 21.6 Å². The lowest BCUT2D eigenvalue weighted by molar-refractivity contribution is 0.104. The van der Waals surface area contributed by atoms with Crippen molar-refractivity contribution in [1.82, 2.24) is 4.98 Å². The number of benzene rings is 2. The Morgan fingerprint density at radius 2 is 1.61 bits per heavy atom. The van der Waals surface area contributed by atoms with E-state index in [2.05, 4.69) is 10.3 Å². The molecular weight excluding hydrogens is 284 g/mol. The van der Waals surface area contributed by atoms with Crippen LogP contribution in [0.15, 0.2) is 66.9 Å². The predicted octanol–water partition coefficient (Wildman–Crippen LogP) is 3.95. The summed E-state index contributed by atoms with van der Waals surface area (Å²) >= 11 is 0. The third kappa shape index (κ3) is 2.50. The summed E-state index contributed by atoms with van der Waals surface area (Å²) in [6.45, 7) is 0.789. The molecule has 1 aromatic heterocycles. The summed E-state index contributed by atoms with van der Waals surface area (Å²) < 4.78 is 0. The molecule has 3 aromatic rings. The molecule has 1 aliphatic rings. The van der Waals surface area contributed by atoms with Crippen molar-refractivity contribution < 1.29 is 4.79 Å². The number of carbonyl (C=O) groups excluding carboxylic acids is 1. The van der Waals surface area contributed by atoms with Gasteiger partial charge in [-0.1, -0.05) is 36.4 Å². The highest BCUT2D eigenvalue weighted by atomic mass is 16.1. The van der Waals surface area contributed by atoms with Crippen molar-refractivity contribution in [3.63, 3.8) is 0 Å². The molecule has 0 saturated carbocycles. The lowest BCUT2D eigenvalue weighted by atomic mass is 10.1. The molecule has 0 fully saturated rings. The molecule has 1 N–H and O–H groups in total. The maximum Gasteiger partial charge on any atom is 0.194 e. The van der Waals surface area contributed by atoms with E-state index in [4.69, 9.17) is 0 Å². The predicted molar refractivity (Wildman–Crippen MR) is 91.7 cm³/mol. The molecule has 1 heterocycles. The fraction of sp³-hybridized carbons (Fsp3) is 0.100. The Hall–Kier alpha value is -2.94. The molecule has 0 unspecified atom stereocenters. The Morgan fingerprint density at radius 3 is 2.43 bits per heavy atom. The van der Waals surface area contributed by atoms with Gasteiger partial charge < -0.3 is 5.32 Å². The molecule has 4 rings (SSSR count). The number of rotatable bonds is 4. The van der Waals surface area contributed by atoms with E-state index in [0.29, 0.717) is 0 Å². The van der Waals surface area contributed by atoms with Crippen LogP contribution in [-0.2, 0) is 6.42 Å². The Bertz CT molecular complexity index is 872. The summed E-state index contributed by atoms with van der Waals surface area (Å²) in [4.78, 5) is 16.8. The average molecular weight is 300 g/mol. The summed E-state index contributed by atoms with van der Waals surface area (Å²) in [6.07, 6.45) is 2.66. The second-order valence-electron chi connectivity index (χ2n) is 5.63. The Balaban J connectivity index is 1.52. The minimum absolute atomic E-state index is 0.115. The van der Waals surface area contributed by atoms with Crippen molar-refractivity contribution in [3.05, 3.63) is 83.7 Å². The number of carbonyl (C=O) groups is 1. The van der Waals surface area contributed by atoms with E-state index < -0.39 is 0 Å². The zero-order chi connectivity index (χ0) is 15.6. The Kier molecular flexibility index (Phi) is 3.39. The van der Waals surface area contributed by atoms with Crippen LogP contribution in [0.5, 0.6) is 0 Å². The van der Waals surface area contributed by atoms with Gasteiger partial charge in [0, 0.05) is 41.7 Å². The first-order chi connectivity index (χ1) is 11.3. The molecular formula is C20H16N2O. The van der Waals surface area contributed by atoms with Crippen LogP contribution in [0.25, 0.3) is 11.1 Å². The van der Waals surface area contributed by atoms with Gasteiger partial charge in [0.1, 0.15) is 0 Å². The Morgan fingerprint density at radius 1 is 0.826 bits per heavy atom. The van der Waals surface area contributed by atoms with Crippen LogP contribution >= 0.6 is 0 Å². The third-order valence-corrected chi connectivity index (χ3v) is 4.16. The topological polar surface area (TPSA) is 42.0 Å². The number of nitrogens with zero attached hydrogens (tertiary/aromatic N) is 1. The van der Waals surface area contributed by atoms with Crippen LogP contribution < -0.4 is 5.32 Å². The maximum atomic E-state index is 12.5. The van der Waals surface area contributed by atoms with Crippen molar-refractivity contribution in [2.45, 2.75) is 6.42 Å². The van der Waals surface area contributed by atoms with Gasteiger partial charge in [0.05, 0.1) is 0 Å². The zero-order valence-electron chi connectivity index (χ0n) is 12.6. The van der Waals surface area contributed by atoms with E-state index >= 15 is 0 Å². The average Bonchev–Trinajstić information content (AvgIpc) is 2.89. The third-order valence-electron chi connectivity index (χ3n) is 4.16. The van der Waals surface area contributed by atoms with E-state index in [1.54, 1.807) is 6.20 Å². The van der Waals surface area contributed by atoms with Gasteiger partial charge in [-0.15, -0.1) is 0 Å². The van der Waals surface area contributed by atoms with Crippen molar-refractivity contribution in [3.8, 4) is 11.1 Å². The summed E-state index contributed by atoms with van der Waals surface area (Å²) in [6, 6.07) is 19.7. The van der Waals surface area contributed by atoms with Gasteiger partial charge >= 0.3 is 0 Å². The van der Waals surface area contributed by atoms with Crippen molar-refractivity contribution >= 4 is 11.5 Å². The molecule has 3 nitrogen and oxygen atoms in total. The van der Waals surface area contributed by atoms with Gasteiger partial charge in [-0.2, -0.15) is 0 Å². The molecule has 112 valence electrons. The SMILES string of the molecule is O=C1c2ccccc2-c2ccc(NCCc3ccccn3)cc21. The van der Waals surface area contributed by atoms with E-state index in [1.165, 1.54) is 0 Å². The molecule has 0 radical (unpaired) electrons. The normalized spacial score (nSPS) is 11.9.